The van der Waals surface area contributed by atoms with Gasteiger partial charge in [-0.1, -0.05) is 54.6 Å². The number of nitrogens with zero attached hydrogens (tertiary/aromatic N) is 3. The second-order valence-corrected chi connectivity index (χ2v) is 6.92. The zero-order valence-electron chi connectivity index (χ0n) is 16.2. The number of nitrogens with two attached hydrogens (primary N) is 1. The number of anilines is 1. The van der Waals surface area contributed by atoms with Crippen molar-refractivity contribution in [3.8, 4) is 0 Å². The van der Waals surface area contributed by atoms with Crippen LogP contribution in [0.4, 0.5) is 5.69 Å². The number of aromatic nitrogens is 1. The monoisotopic (exact) mass is 399 g/mol. The summed E-state index contributed by atoms with van der Waals surface area (Å²) in [4.78, 5) is 29.5. The lowest BCUT2D eigenvalue weighted by Gasteiger charge is -2.20. The van der Waals surface area contributed by atoms with Gasteiger partial charge in [0.2, 0.25) is 5.91 Å². The summed E-state index contributed by atoms with van der Waals surface area (Å²) in [7, 11) is 0. The molecule has 2 atom stereocenters. The van der Waals surface area contributed by atoms with Gasteiger partial charge in [-0.3, -0.25) is 19.6 Å². The highest BCUT2D eigenvalue weighted by Gasteiger charge is 2.35. The first-order valence-corrected chi connectivity index (χ1v) is 9.61. The molecular formula is C23H21N5O2. The van der Waals surface area contributed by atoms with E-state index in [1.165, 1.54) is 5.01 Å². The minimum absolute atomic E-state index is 0.139. The van der Waals surface area contributed by atoms with Gasteiger partial charge in [0.1, 0.15) is 11.8 Å². The van der Waals surface area contributed by atoms with Crippen molar-refractivity contribution in [2.75, 3.05) is 5.01 Å². The van der Waals surface area contributed by atoms with Gasteiger partial charge in [0, 0.05) is 12.6 Å². The van der Waals surface area contributed by atoms with Crippen molar-refractivity contribution in [3.63, 3.8) is 0 Å². The maximum Gasteiger partial charge on any atom is 0.268 e. The summed E-state index contributed by atoms with van der Waals surface area (Å²) in [5, 5.41) is 8.94. The van der Waals surface area contributed by atoms with Gasteiger partial charge in [-0.15, -0.1) is 0 Å². The third-order valence-corrected chi connectivity index (χ3v) is 4.91. The number of carbonyl (C=O) groups is 2. The van der Waals surface area contributed by atoms with E-state index in [-0.39, 0.29) is 18.0 Å². The molecule has 0 unspecified atom stereocenters. The number of pyridine rings is 1. The number of hydrogen-bond donors (Lipinski definition) is 2. The van der Waals surface area contributed by atoms with Crippen LogP contribution in [0.5, 0.6) is 0 Å². The summed E-state index contributed by atoms with van der Waals surface area (Å²) in [5.74, 6) is -0.895. The average molecular weight is 399 g/mol. The molecule has 2 amide bonds. The second kappa shape index (κ2) is 8.57. The number of hydrogen-bond acceptors (Lipinski definition) is 5. The Morgan fingerprint density at radius 2 is 1.63 bits per heavy atom. The van der Waals surface area contributed by atoms with E-state index in [4.69, 9.17) is 5.73 Å². The Bertz CT molecular complexity index is 1020. The van der Waals surface area contributed by atoms with E-state index in [0.717, 1.165) is 5.56 Å². The zero-order chi connectivity index (χ0) is 20.9. The average Bonchev–Trinajstić information content (AvgIpc) is 3.25. The van der Waals surface area contributed by atoms with Crippen molar-refractivity contribution in [2.24, 2.45) is 10.8 Å². The van der Waals surface area contributed by atoms with Crippen molar-refractivity contribution in [2.45, 2.75) is 18.5 Å². The molecule has 0 fully saturated rings. The lowest BCUT2D eigenvalue weighted by molar-refractivity contribution is -0.119. The number of para-hydroxylation sites is 1. The highest BCUT2D eigenvalue weighted by molar-refractivity contribution is 6.40. The molecule has 3 N–H and O–H groups in total. The van der Waals surface area contributed by atoms with Crippen molar-refractivity contribution in [3.05, 3.63) is 96.3 Å². The van der Waals surface area contributed by atoms with Crippen LogP contribution in [0, 0.1) is 0 Å². The molecule has 0 aliphatic carbocycles. The molecular weight excluding hydrogens is 378 g/mol. The van der Waals surface area contributed by atoms with E-state index in [1.54, 1.807) is 6.20 Å². The molecule has 4 rings (SSSR count). The number of benzene rings is 2. The standard InChI is InChI=1S/C23H21N5O2/c24-22(29)20-15-19(27-28(20)17-11-5-2-6-12-17)23(30)26-21(16-9-3-1-4-10-16)18-13-7-8-14-25-18/h1-14,20-21H,15H2,(H2,24,29)(H,26,30)/t20-,21-/m0/s1. The van der Waals surface area contributed by atoms with E-state index in [1.807, 2.05) is 78.9 Å². The van der Waals surface area contributed by atoms with Gasteiger partial charge in [0.15, 0.2) is 0 Å². The Kier molecular flexibility index (Phi) is 5.52. The van der Waals surface area contributed by atoms with Crippen molar-refractivity contribution in [1.82, 2.24) is 10.3 Å². The van der Waals surface area contributed by atoms with Gasteiger partial charge in [0.05, 0.1) is 17.4 Å². The highest BCUT2D eigenvalue weighted by atomic mass is 16.2. The Labute approximate surface area is 174 Å². The van der Waals surface area contributed by atoms with Crippen molar-refractivity contribution in [1.29, 1.82) is 0 Å². The van der Waals surface area contributed by atoms with Crippen molar-refractivity contribution < 1.29 is 9.59 Å². The predicted octanol–water partition coefficient (Wildman–Crippen LogP) is 2.41. The maximum atomic E-state index is 13.1. The first kappa shape index (κ1) is 19.3. The molecule has 0 saturated heterocycles. The maximum absolute atomic E-state index is 13.1. The van der Waals surface area contributed by atoms with Crippen LogP contribution in [0.25, 0.3) is 0 Å². The normalized spacial score (nSPS) is 16.6. The van der Waals surface area contributed by atoms with Crippen LogP contribution >= 0.6 is 0 Å². The fourth-order valence-corrected chi connectivity index (χ4v) is 3.42. The first-order valence-electron chi connectivity index (χ1n) is 9.61. The molecule has 0 saturated carbocycles. The largest absolute Gasteiger partial charge is 0.368 e. The Balaban J connectivity index is 1.62. The highest BCUT2D eigenvalue weighted by Crippen LogP contribution is 2.25. The number of amides is 2. The fourth-order valence-electron chi connectivity index (χ4n) is 3.42. The number of rotatable bonds is 6. The Morgan fingerprint density at radius 1 is 0.967 bits per heavy atom. The van der Waals surface area contributed by atoms with Gasteiger partial charge in [0.25, 0.3) is 5.91 Å². The van der Waals surface area contributed by atoms with Crippen LogP contribution in [-0.4, -0.2) is 28.6 Å². The molecule has 150 valence electrons. The van der Waals surface area contributed by atoms with E-state index in [0.29, 0.717) is 11.4 Å². The smallest absolute Gasteiger partial charge is 0.268 e. The lowest BCUT2D eigenvalue weighted by Crippen LogP contribution is -2.40. The molecule has 0 bridgehead atoms. The number of carbonyl (C=O) groups excluding carboxylic acids is 2. The molecule has 30 heavy (non-hydrogen) atoms. The lowest BCUT2D eigenvalue weighted by atomic mass is 10.0. The molecule has 1 aliphatic heterocycles. The summed E-state index contributed by atoms with van der Waals surface area (Å²) < 4.78 is 0. The summed E-state index contributed by atoms with van der Waals surface area (Å²) in [6, 6.07) is 23.2. The SMILES string of the molecule is NC(=O)[C@@H]1CC(C(=O)N[C@@H](c2ccccc2)c2ccccn2)=NN1c1ccccc1. The molecule has 7 heteroatoms. The molecule has 3 aromatic rings. The number of nitrogens with one attached hydrogen (secondary N) is 1. The summed E-state index contributed by atoms with van der Waals surface area (Å²) in [6.07, 6.45) is 1.82. The quantitative estimate of drug-likeness (QED) is 0.665. The van der Waals surface area contributed by atoms with Crippen LogP contribution in [0.1, 0.15) is 23.7 Å². The molecule has 1 aromatic heterocycles. The minimum atomic E-state index is -0.710. The van der Waals surface area contributed by atoms with E-state index in [9.17, 15) is 9.59 Å². The van der Waals surface area contributed by atoms with Gasteiger partial charge in [-0.05, 0) is 29.8 Å². The van der Waals surface area contributed by atoms with E-state index < -0.39 is 18.0 Å². The number of primary amides is 1. The van der Waals surface area contributed by atoms with Crippen LogP contribution in [0.15, 0.2) is 90.2 Å². The number of hydrazone groups is 1. The van der Waals surface area contributed by atoms with E-state index >= 15 is 0 Å². The predicted molar refractivity (Wildman–Crippen MR) is 115 cm³/mol. The van der Waals surface area contributed by atoms with Crippen molar-refractivity contribution >= 4 is 23.2 Å². The van der Waals surface area contributed by atoms with Gasteiger partial charge >= 0.3 is 0 Å². The second-order valence-electron chi connectivity index (χ2n) is 6.92. The zero-order valence-corrected chi connectivity index (χ0v) is 16.2. The van der Waals surface area contributed by atoms with Crippen LogP contribution in [0.2, 0.25) is 0 Å². The summed E-state index contributed by atoms with van der Waals surface area (Å²) >= 11 is 0. The van der Waals surface area contributed by atoms with Crippen LogP contribution < -0.4 is 16.1 Å². The third kappa shape index (κ3) is 4.05. The molecule has 0 radical (unpaired) electrons. The third-order valence-electron chi connectivity index (χ3n) is 4.91. The Hall–Kier alpha value is -4.00. The minimum Gasteiger partial charge on any atom is -0.368 e. The molecule has 7 nitrogen and oxygen atoms in total. The van der Waals surface area contributed by atoms with Gasteiger partial charge in [-0.2, -0.15) is 5.10 Å². The summed E-state index contributed by atoms with van der Waals surface area (Å²) in [5.41, 5.74) is 8.14. The molecule has 2 heterocycles. The van der Waals surface area contributed by atoms with Gasteiger partial charge < -0.3 is 11.1 Å². The molecule has 2 aromatic carbocycles. The topological polar surface area (TPSA) is 101 Å². The Morgan fingerprint density at radius 3 is 2.27 bits per heavy atom. The summed E-state index contributed by atoms with van der Waals surface area (Å²) in [6.45, 7) is 0. The molecule has 1 aliphatic rings. The molecule has 0 spiro atoms. The van der Waals surface area contributed by atoms with E-state index in [2.05, 4.69) is 15.4 Å². The van der Waals surface area contributed by atoms with Crippen LogP contribution in [0.3, 0.4) is 0 Å². The van der Waals surface area contributed by atoms with Gasteiger partial charge in [-0.25, -0.2) is 0 Å². The fraction of sp³-hybridized carbons (Fsp3) is 0.130. The van der Waals surface area contributed by atoms with Crippen LogP contribution in [-0.2, 0) is 9.59 Å². The first-order chi connectivity index (χ1) is 14.6.